The summed E-state index contributed by atoms with van der Waals surface area (Å²) in [5.74, 6) is -0.844. The lowest BCUT2D eigenvalue weighted by Crippen LogP contribution is -2.04. The summed E-state index contributed by atoms with van der Waals surface area (Å²) in [6.07, 6.45) is 0. The third-order valence-electron chi connectivity index (χ3n) is 2.44. The van der Waals surface area contributed by atoms with Crippen molar-refractivity contribution in [1.82, 2.24) is 4.98 Å². The standard InChI is InChI=1S/C13H11NO4/c1-18-11-6-5-10(12(14-11)13(16)17)8-3-2-4-9(15)7-8/h2-7,15H,1H3,(H,16,17). The predicted octanol–water partition coefficient (Wildman–Crippen LogP) is 2.16. The second-order valence-electron chi connectivity index (χ2n) is 3.61. The summed E-state index contributed by atoms with van der Waals surface area (Å²) in [5, 5.41) is 18.5. The molecule has 0 saturated carbocycles. The highest BCUT2D eigenvalue weighted by atomic mass is 16.5. The van der Waals surface area contributed by atoms with Gasteiger partial charge in [0.05, 0.1) is 7.11 Å². The number of aromatic hydroxyl groups is 1. The normalized spacial score (nSPS) is 10.1. The Kier molecular flexibility index (Phi) is 3.14. The molecule has 0 radical (unpaired) electrons. The fourth-order valence-corrected chi connectivity index (χ4v) is 1.62. The smallest absolute Gasteiger partial charge is 0.355 e. The van der Waals surface area contributed by atoms with Crippen LogP contribution in [0.5, 0.6) is 11.6 Å². The van der Waals surface area contributed by atoms with E-state index < -0.39 is 5.97 Å². The summed E-state index contributed by atoms with van der Waals surface area (Å²) in [6, 6.07) is 9.52. The highest BCUT2D eigenvalue weighted by molar-refractivity contribution is 5.94. The minimum atomic E-state index is -1.15. The number of phenolic OH excluding ortho intramolecular Hbond substituents is 1. The number of aromatic nitrogens is 1. The van der Waals surface area contributed by atoms with Gasteiger partial charge in [-0.25, -0.2) is 9.78 Å². The average molecular weight is 245 g/mol. The fraction of sp³-hybridized carbons (Fsp3) is 0.0769. The zero-order valence-electron chi connectivity index (χ0n) is 9.62. The molecule has 0 unspecified atom stereocenters. The maximum absolute atomic E-state index is 11.2. The Labute approximate surface area is 103 Å². The van der Waals surface area contributed by atoms with Crippen LogP contribution in [0.1, 0.15) is 10.5 Å². The predicted molar refractivity (Wildman–Crippen MR) is 64.8 cm³/mol. The van der Waals surface area contributed by atoms with Crippen LogP contribution < -0.4 is 4.74 Å². The number of rotatable bonds is 3. The van der Waals surface area contributed by atoms with Gasteiger partial charge in [-0.05, 0) is 23.8 Å². The number of ether oxygens (including phenoxy) is 1. The van der Waals surface area contributed by atoms with Crippen molar-refractivity contribution in [2.45, 2.75) is 0 Å². The maximum Gasteiger partial charge on any atom is 0.355 e. The number of pyridine rings is 1. The van der Waals surface area contributed by atoms with Crippen LogP contribution in [0.2, 0.25) is 0 Å². The fourth-order valence-electron chi connectivity index (χ4n) is 1.62. The van der Waals surface area contributed by atoms with E-state index in [0.717, 1.165) is 0 Å². The first-order valence-electron chi connectivity index (χ1n) is 5.19. The molecule has 92 valence electrons. The SMILES string of the molecule is COc1ccc(-c2cccc(O)c2)c(C(=O)O)n1. The number of benzene rings is 1. The van der Waals surface area contributed by atoms with Crippen molar-refractivity contribution in [3.63, 3.8) is 0 Å². The number of hydrogen-bond acceptors (Lipinski definition) is 4. The van der Waals surface area contributed by atoms with E-state index in [9.17, 15) is 9.90 Å². The summed E-state index contributed by atoms with van der Waals surface area (Å²) in [6.45, 7) is 0. The minimum absolute atomic E-state index is 0.0691. The second-order valence-corrected chi connectivity index (χ2v) is 3.61. The van der Waals surface area contributed by atoms with Gasteiger partial charge in [-0.15, -0.1) is 0 Å². The largest absolute Gasteiger partial charge is 0.508 e. The van der Waals surface area contributed by atoms with Gasteiger partial charge in [0.1, 0.15) is 5.75 Å². The minimum Gasteiger partial charge on any atom is -0.508 e. The van der Waals surface area contributed by atoms with Crippen LogP contribution in [-0.4, -0.2) is 28.3 Å². The molecule has 1 heterocycles. The van der Waals surface area contributed by atoms with Gasteiger partial charge in [-0.3, -0.25) is 0 Å². The monoisotopic (exact) mass is 245 g/mol. The molecule has 5 heteroatoms. The lowest BCUT2D eigenvalue weighted by molar-refractivity contribution is 0.0690. The third-order valence-corrected chi connectivity index (χ3v) is 2.44. The van der Waals surface area contributed by atoms with E-state index in [1.807, 2.05) is 0 Å². The Bertz CT molecular complexity index is 595. The maximum atomic E-state index is 11.2. The van der Waals surface area contributed by atoms with Crippen LogP contribution in [0.15, 0.2) is 36.4 Å². The van der Waals surface area contributed by atoms with Crippen LogP contribution in [0.4, 0.5) is 0 Å². The first-order valence-corrected chi connectivity index (χ1v) is 5.19. The van der Waals surface area contributed by atoms with Gasteiger partial charge in [0.15, 0.2) is 5.69 Å². The van der Waals surface area contributed by atoms with Crippen molar-refractivity contribution in [3.05, 3.63) is 42.1 Å². The lowest BCUT2D eigenvalue weighted by atomic mass is 10.0. The van der Waals surface area contributed by atoms with E-state index in [1.54, 1.807) is 24.3 Å². The summed E-state index contributed by atoms with van der Waals surface area (Å²) < 4.78 is 4.90. The van der Waals surface area contributed by atoms with Crippen molar-refractivity contribution in [2.24, 2.45) is 0 Å². The van der Waals surface area contributed by atoms with E-state index in [0.29, 0.717) is 11.1 Å². The Morgan fingerprint density at radius 1 is 1.28 bits per heavy atom. The Morgan fingerprint density at radius 2 is 2.06 bits per heavy atom. The molecule has 2 rings (SSSR count). The van der Waals surface area contributed by atoms with Gasteiger partial charge in [-0.1, -0.05) is 12.1 Å². The van der Waals surface area contributed by atoms with Gasteiger partial charge in [0.2, 0.25) is 5.88 Å². The first-order chi connectivity index (χ1) is 8.61. The molecular weight excluding hydrogens is 234 g/mol. The molecule has 0 aliphatic heterocycles. The summed E-state index contributed by atoms with van der Waals surface area (Å²) >= 11 is 0. The van der Waals surface area contributed by atoms with Crippen molar-refractivity contribution in [1.29, 1.82) is 0 Å². The number of aromatic carboxylic acids is 1. The van der Waals surface area contributed by atoms with Gasteiger partial charge in [0, 0.05) is 11.6 Å². The van der Waals surface area contributed by atoms with Crippen LogP contribution in [0.25, 0.3) is 11.1 Å². The zero-order chi connectivity index (χ0) is 13.1. The molecule has 0 spiro atoms. The lowest BCUT2D eigenvalue weighted by Gasteiger charge is -2.07. The Hall–Kier alpha value is -2.56. The molecule has 2 N–H and O–H groups in total. The molecule has 0 atom stereocenters. The van der Waals surface area contributed by atoms with Gasteiger partial charge < -0.3 is 14.9 Å². The third kappa shape index (κ3) is 2.24. The van der Waals surface area contributed by atoms with E-state index >= 15 is 0 Å². The quantitative estimate of drug-likeness (QED) is 0.866. The van der Waals surface area contributed by atoms with Crippen molar-refractivity contribution >= 4 is 5.97 Å². The molecule has 0 amide bonds. The van der Waals surface area contributed by atoms with Crippen LogP contribution in [0.3, 0.4) is 0 Å². The number of carboxylic acid groups (broad SMARTS) is 1. The van der Waals surface area contributed by atoms with Crippen LogP contribution in [-0.2, 0) is 0 Å². The van der Waals surface area contributed by atoms with Crippen LogP contribution in [0, 0.1) is 0 Å². The molecule has 0 bridgehead atoms. The Morgan fingerprint density at radius 3 is 2.67 bits per heavy atom. The molecule has 0 aliphatic carbocycles. The summed E-state index contributed by atoms with van der Waals surface area (Å²) in [5.41, 5.74) is 0.904. The molecule has 2 aromatic rings. The Balaban J connectivity index is 2.60. The number of hydrogen-bond donors (Lipinski definition) is 2. The van der Waals surface area contributed by atoms with Crippen molar-refractivity contribution in [2.75, 3.05) is 7.11 Å². The van der Waals surface area contributed by atoms with E-state index in [2.05, 4.69) is 4.98 Å². The summed E-state index contributed by atoms with van der Waals surface area (Å²) in [7, 11) is 1.42. The van der Waals surface area contributed by atoms with Gasteiger partial charge in [-0.2, -0.15) is 0 Å². The van der Waals surface area contributed by atoms with E-state index in [4.69, 9.17) is 9.84 Å². The molecule has 1 aromatic carbocycles. The number of nitrogens with zero attached hydrogens (tertiary/aromatic N) is 1. The van der Waals surface area contributed by atoms with E-state index in [1.165, 1.54) is 19.2 Å². The molecule has 5 nitrogen and oxygen atoms in total. The van der Waals surface area contributed by atoms with E-state index in [-0.39, 0.29) is 17.3 Å². The molecule has 0 saturated heterocycles. The molecule has 0 fully saturated rings. The molecular formula is C13H11NO4. The zero-order valence-corrected chi connectivity index (χ0v) is 9.62. The summed E-state index contributed by atoms with van der Waals surface area (Å²) in [4.78, 5) is 15.1. The highest BCUT2D eigenvalue weighted by Gasteiger charge is 2.15. The molecule has 0 aliphatic rings. The number of methoxy groups -OCH3 is 1. The average Bonchev–Trinajstić information content (AvgIpc) is 2.38. The second kappa shape index (κ2) is 4.75. The topological polar surface area (TPSA) is 79.7 Å². The number of carboxylic acids is 1. The number of carbonyl (C=O) groups is 1. The van der Waals surface area contributed by atoms with Crippen LogP contribution >= 0.6 is 0 Å². The van der Waals surface area contributed by atoms with Crippen molar-refractivity contribution < 1.29 is 19.7 Å². The first kappa shape index (κ1) is 11.9. The molecule has 18 heavy (non-hydrogen) atoms. The molecule has 1 aromatic heterocycles. The highest BCUT2D eigenvalue weighted by Crippen LogP contribution is 2.27. The van der Waals surface area contributed by atoms with Gasteiger partial charge in [0.25, 0.3) is 0 Å². The van der Waals surface area contributed by atoms with Gasteiger partial charge >= 0.3 is 5.97 Å². The number of phenols is 1. The van der Waals surface area contributed by atoms with Crippen molar-refractivity contribution in [3.8, 4) is 22.8 Å².